The van der Waals surface area contributed by atoms with Crippen molar-refractivity contribution in [2.24, 2.45) is 0 Å². The van der Waals surface area contributed by atoms with Crippen LogP contribution in [-0.4, -0.2) is 44.3 Å². The zero-order valence-corrected chi connectivity index (χ0v) is 25.2. The molecule has 9 heteroatoms. The van der Waals surface area contributed by atoms with Crippen molar-refractivity contribution in [2.45, 2.75) is 44.2 Å². The van der Waals surface area contributed by atoms with Gasteiger partial charge in [-0.2, -0.15) is 0 Å². The number of carbonyl (C=O) groups excluding carboxylic acids is 2. The maximum Gasteiger partial charge on any atom is 0.264 e. The number of carbonyl (C=O) groups is 2. The molecular weight excluding hydrogens is 562 g/mol. The smallest absolute Gasteiger partial charge is 0.264 e. The van der Waals surface area contributed by atoms with E-state index in [0.717, 1.165) is 22.7 Å². The third-order valence-corrected chi connectivity index (χ3v) is 8.69. The molecule has 1 atom stereocenters. The number of hydrogen-bond acceptors (Lipinski definition) is 5. The molecule has 0 aliphatic carbocycles. The summed E-state index contributed by atoms with van der Waals surface area (Å²) in [6.07, 6.45) is 1.74. The summed E-state index contributed by atoms with van der Waals surface area (Å²) in [7, 11) is -4.15. The summed E-state index contributed by atoms with van der Waals surface area (Å²) in [6.45, 7) is 3.83. The van der Waals surface area contributed by atoms with Crippen molar-refractivity contribution in [2.75, 3.05) is 17.4 Å². The fourth-order valence-electron chi connectivity index (χ4n) is 4.45. The van der Waals surface area contributed by atoms with Crippen LogP contribution >= 0.6 is 0 Å². The van der Waals surface area contributed by atoms with E-state index in [9.17, 15) is 18.0 Å². The van der Waals surface area contributed by atoms with Gasteiger partial charge in [0.15, 0.2) is 0 Å². The van der Waals surface area contributed by atoms with E-state index in [2.05, 4.69) is 5.32 Å². The van der Waals surface area contributed by atoms with Crippen LogP contribution in [0.3, 0.4) is 0 Å². The van der Waals surface area contributed by atoms with Crippen LogP contribution in [0.2, 0.25) is 0 Å². The lowest BCUT2D eigenvalue weighted by Crippen LogP contribution is -2.51. The van der Waals surface area contributed by atoms with E-state index in [1.54, 1.807) is 49.4 Å². The van der Waals surface area contributed by atoms with E-state index >= 15 is 0 Å². The Balaban J connectivity index is 1.66. The molecule has 224 valence electrons. The molecule has 0 aromatic heterocycles. The number of nitrogens with zero attached hydrogens (tertiary/aromatic N) is 2. The van der Waals surface area contributed by atoms with Crippen LogP contribution in [0, 0.1) is 0 Å². The molecule has 1 N–H and O–H groups in total. The molecule has 8 nitrogen and oxygen atoms in total. The number of anilines is 1. The third kappa shape index (κ3) is 8.45. The Morgan fingerprint density at radius 2 is 1.35 bits per heavy atom. The highest BCUT2D eigenvalue weighted by atomic mass is 32.2. The highest BCUT2D eigenvalue weighted by Crippen LogP contribution is 2.28. The van der Waals surface area contributed by atoms with E-state index < -0.39 is 28.5 Å². The first kappa shape index (κ1) is 31.3. The topological polar surface area (TPSA) is 96.0 Å². The molecule has 4 aromatic rings. The molecule has 0 spiro atoms. The van der Waals surface area contributed by atoms with Crippen LogP contribution in [0.5, 0.6) is 11.5 Å². The van der Waals surface area contributed by atoms with Crippen LogP contribution in [0.25, 0.3) is 0 Å². The van der Waals surface area contributed by atoms with Gasteiger partial charge in [-0.3, -0.25) is 13.9 Å². The van der Waals surface area contributed by atoms with Gasteiger partial charge in [0.2, 0.25) is 11.8 Å². The molecule has 0 saturated heterocycles. The third-order valence-electron chi connectivity index (χ3n) is 6.91. The minimum absolute atomic E-state index is 0.0485. The first-order valence-electron chi connectivity index (χ1n) is 14.3. The number of nitrogens with one attached hydrogen (secondary N) is 1. The first-order valence-corrected chi connectivity index (χ1v) is 15.8. The number of benzene rings is 4. The van der Waals surface area contributed by atoms with Crippen molar-refractivity contribution in [1.82, 2.24) is 10.2 Å². The van der Waals surface area contributed by atoms with Crippen molar-refractivity contribution in [1.29, 1.82) is 0 Å². The van der Waals surface area contributed by atoms with Crippen molar-refractivity contribution in [3.8, 4) is 11.5 Å². The normalized spacial score (nSPS) is 11.8. The quantitative estimate of drug-likeness (QED) is 0.179. The first-order chi connectivity index (χ1) is 20.8. The molecule has 2 amide bonds. The number of amides is 2. The van der Waals surface area contributed by atoms with Gasteiger partial charge in [0, 0.05) is 13.1 Å². The molecule has 0 bridgehead atoms. The average molecular weight is 600 g/mol. The zero-order chi connectivity index (χ0) is 30.7. The summed E-state index contributed by atoms with van der Waals surface area (Å²) >= 11 is 0. The SMILES string of the molecule is CCCCNC(=O)[C@@H](C)N(Cc1ccccc1)C(=O)CN(c1ccc(Oc2ccccc2)cc1)S(=O)(=O)c1ccccc1. The van der Waals surface area contributed by atoms with Crippen LogP contribution in [0.15, 0.2) is 120 Å². The van der Waals surface area contributed by atoms with Gasteiger partial charge in [-0.25, -0.2) is 8.42 Å². The lowest BCUT2D eigenvalue weighted by molar-refractivity contribution is -0.139. The molecule has 0 heterocycles. The standard InChI is InChI=1S/C34H37N3O5S/c1-3-4-24-35-34(39)27(2)36(25-28-14-8-5-9-15-28)33(38)26-37(43(40,41)32-18-12-7-13-19-32)29-20-22-31(23-21-29)42-30-16-10-6-11-17-30/h5-23,27H,3-4,24-26H2,1-2H3,(H,35,39)/t27-/m1/s1. The highest BCUT2D eigenvalue weighted by Gasteiger charge is 2.32. The number of ether oxygens (including phenoxy) is 1. The molecule has 4 rings (SSSR count). The number of hydrogen-bond donors (Lipinski definition) is 1. The lowest BCUT2D eigenvalue weighted by atomic mass is 10.1. The Kier molecular flexibility index (Phi) is 10.9. The van der Waals surface area contributed by atoms with Gasteiger partial charge in [-0.1, -0.05) is 80.1 Å². The van der Waals surface area contributed by atoms with E-state index in [4.69, 9.17) is 4.74 Å². The van der Waals surface area contributed by atoms with E-state index in [0.29, 0.717) is 18.0 Å². The maximum atomic E-state index is 14.0. The molecule has 0 unspecified atom stereocenters. The Morgan fingerprint density at radius 3 is 1.95 bits per heavy atom. The average Bonchev–Trinajstić information content (AvgIpc) is 3.04. The van der Waals surface area contributed by atoms with E-state index in [-0.39, 0.29) is 23.0 Å². The molecular formula is C34H37N3O5S. The minimum atomic E-state index is -4.15. The summed E-state index contributed by atoms with van der Waals surface area (Å²) < 4.78 is 34.9. The fourth-order valence-corrected chi connectivity index (χ4v) is 5.89. The van der Waals surface area contributed by atoms with Crippen molar-refractivity contribution in [3.05, 3.63) is 121 Å². The van der Waals surface area contributed by atoms with Gasteiger partial charge in [0.25, 0.3) is 10.0 Å². The second kappa shape index (κ2) is 15.0. The van der Waals surface area contributed by atoms with Gasteiger partial charge < -0.3 is 15.0 Å². The molecule has 0 aliphatic rings. The minimum Gasteiger partial charge on any atom is -0.457 e. The fraction of sp³-hybridized carbons (Fsp3) is 0.235. The second-order valence-electron chi connectivity index (χ2n) is 10.1. The maximum absolute atomic E-state index is 14.0. The highest BCUT2D eigenvalue weighted by molar-refractivity contribution is 7.92. The number of rotatable bonds is 14. The summed E-state index contributed by atoms with van der Waals surface area (Å²) in [6, 6.07) is 32.2. The van der Waals surface area contributed by atoms with E-state index in [1.165, 1.54) is 17.0 Å². The predicted molar refractivity (Wildman–Crippen MR) is 168 cm³/mol. The molecule has 0 radical (unpaired) electrons. The van der Waals surface area contributed by atoms with E-state index in [1.807, 2.05) is 67.6 Å². The molecule has 0 aliphatic heterocycles. The van der Waals surface area contributed by atoms with Crippen LogP contribution in [-0.2, 0) is 26.2 Å². The summed E-state index contributed by atoms with van der Waals surface area (Å²) in [4.78, 5) is 28.5. The number of unbranched alkanes of at least 4 members (excludes halogenated alkanes) is 1. The van der Waals surface area contributed by atoms with Crippen molar-refractivity contribution < 1.29 is 22.7 Å². The Bertz CT molecular complexity index is 1570. The summed E-state index contributed by atoms with van der Waals surface area (Å²) in [5.41, 5.74) is 1.11. The van der Waals surface area contributed by atoms with Crippen molar-refractivity contribution in [3.63, 3.8) is 0 Å². The Morgan fingerprint density at radius 1 is 0.791 bits per heavy atom. The zero-order valence-electron chi connectivity index (χ0n) is 24.4. The monoisotopic (exact) mass is 599 g/mol. The van der Waals surface area contributed by atoms with Gasteiger partial charge in [-0.05, 0) is 67.4 Å². The van der Waals surface area contributed by atoms with Crippen LogP contribution in [0.1, 0.15) is 32.3 Å². The molecule has 0 fully saturated rings. The molecule has 4 aromatic carbocycles. The number of para-hydroxylation sites is 1. The number of sulfonamides is 1. The van der Waals surface area contributed by atoms with Gasteiger partial charge in [0.05, 0.1) is 10.6 Å². The molecule has 43 heavy (non-hydrogen) atoms. The summed E-state index contributed by atoms with van der Waals surface area (Å²) in [5.74, 6) is 0.354. The van der Waals surface area contributed by atoms with Gasteiger partial charge >= 0.3 is 0 Å². The van der Waals surface area contributed by atoms with Crippen LogP contribution < -0.4 is 14.4 Å². The van der Waals surface area contributed by atoms with Crippen molar-refractivity contribution >= 4 is 27.5 Å². The van der Waals surface area contributed by atoms with Crippen LogP contribution in [0.4, 0.5) is 5.69 Å². The summed E-state index contributed by atoms with van der Waals surface area (Å²) in [5, 5.41) is 2.89. The largest absolute Gasteiger partial charge is 0.457 e. The lowest BCUT2D eigenvalue weighted by Gasteiger charge is -2.32. The molecule has 0 saturated carbocycles. The second-order valence-corrected chi connectivity index (χ2v) is 11.9. The Labute approximate surface area is 254 Å². The predicted octanol–water partition coefficient (Wildman–Crippen LogP) is 6.01. The van der Waals surface area contributed by atoms with Gasteiger partial charge in [0.1, 0.15) is 24.1 Å². The Hall–Kier alpha value is -4.63. The van der Waals surface area contributed by atoms with Gasteiger partial charge in [-0.15, -0.1) is 0 Å².